The third kappa shape index (κ3) is 4.48. The fourth-order valence-corrected chi connectivity index (χ4v) is 3.80. The van der Waals surface area contributed by atoms with Crippen LogP contribution >= 0.6 is 0 Å². The van der Waals surface area contributed by atoms with E-state index in [9.17, 15) is 9.59 Å². The van der Waals surface area contributed by atoms with Crippen molar-refractivity contribution >= 4 is 22.8 Å². The number of aryl methyl sites for hydroxylation is 2. The second-order valence-corrected chi connectivity index (χ2v) is 7.89. The van der Waals surface area contributed by atoms with Gasteiger partial charge in [-0.1, -0.05) is 30.3 Å². The minimum Gasteiger partial charge on any atom is -0.349 e. The van der Waals surface area contributed by atoms with E-state index in [-0.39, 0.29) is 17.9 Å². The molecule has 0 atom stereocenters. The van der Waals surface area contributed by atoms with Crippen molar-refractivity contribution < 1.29 is 9.59 Å². The Bertz CT molecular complexity index is 1070. The van der Waals surface area contributed by atoms with Crippen molar-refractivity contribution in [3.05, 3.63) is 71.0 Å². The summed E-state index contributed by atoms with van der Waals surface area (Å²) >= 11 is 0. The maximum atomic E-state index is 12.7. The molecular formula is C24H26N4O2. The molecule has 3 aromatic rings. The highest BCUT2D eigenvalue weighted by Crippen LogP contribution is 2.16. The van der Waals surface area contributed by atoms with E-state index in [1.165, 1.54) is 0 Å². The highest BCUT2D eigenvalue weighted by atomic mass is 16.2. The quantitative estimate of drug-likeness (QED) is 0.727. The number of hydrogen-bond donors (Lipinski definition) is 1. The number of hydrogen-bond acceptors (Lipinski definition) is 4. The summed E-state index contributed by atoms with van der Waals surface area (Å²) in [7, 11) is 0. The second kappa shape index (κ2) is 8.61. The van der Waals surface area contributed by atoms with Gasteiger partial charge in [0.05, 0.1) is 28.8 Å². The van der Waals surface area contributed by atoms with Gasteiger partial charge in [-0.15, -0.1) is 0 Å². The number of nitrogens with zero attached hydrogens (tertiary/aromatic N) is 3. The molecule has 1 saturated heterocycles. The van der Waals surface area contributed by atoms with Crippen LogP contribution in [0.3, 0.4) is 0 Å². The summed E-state index contributed by atoms with van der Waals surface area (Å²) in [6, 6.07) is 15.3. The number of carbonyl (C=O) groups is 2. The van der Waals surface area contributed by atoms with Gasteiger partial charge in [-0.25, -0.2) is 9.97 Å². The van der Waals surface area contributed by atoms with Gasteiger partial charge in [-0.05, 0) is 50.5 Å². The highest BCUT2D eigenvalue weighted by Gasteiger charge is 2.24. The maximum Gasteiger partial charge on any atom is 0.251 e. The van der Waals surface area contributed by atoms with Crippen LogP contribution in [0.5, 0.6) is 0 Å². The predicted octanol–water partition coefficient (Wildman–Crippen LogP) is 3.21. The van der Waals surface area contributed by atoms with Crippen molar-refractivity contribution in [2.24, 2.45) is 0 Å². The third-order valence-electron chi connectivity index (χ3n) is 5.72. The molecular weight excluding hydrogens is 376 g/mol. The largest absolute Gasteiger partial charge is 0.349 e. The third-order valence-corrected chi connectivity index (χ3v) is 5.72. The molecule has 2 amide bonds. The van der Waals surface area contributed by atoms with Crippen molar-refractivity contribution in [1.82, 2.24) is 20.2 Å². The van der Waals surface area contributed by atoms with Gasteiger partial charge >= 0.3 is 0 Å². The first-order valence-corrected chi connectivity index (χ1v) is 10.4. The smallest absolute Gasteiger partial charge is 0.251 e. The predicted molar refractivity (Wildman–Crippen MR) is 116 cm³/mol. The summed E-state index contributed by atoms with van der Waals surface area (Å²) in [4.78, 5) is 36.2. The lowest BCUT2D eigenvalue weighted by atomic mass is 10.0. The Labute approximate surface area is 176 Å². The Morgan fingerprint density at radius 1 is 0.967 bits per heavy atom. The van der Waals surface area contributed by atoms with E-state index in [1.54, 1.807) is 12.1 Å². The molecule has 1 aliphatic heterocycles. The zero-order chi connectivity index (χ0) is 21.1. The molecule has 1 fully saturated rings. The van der Waals surface area contributed by atoms with Gasteiger partial charge in [0.25, 0.3) is 5.91 Å². The molecule has 30 heavy (non-hydrogen) atoms. The average Bonchev–Trinajstić information content (AvgIpc) is 2.75. The van der Waals surface area contributed by atoms with Crippen LogP contribution in [-0.4, -0.2) is 45.8 Å². The molecule has 1 N–H and O–H groups in total. The standard InChI is InChI=1S/C24H26N4O2/c1-16-17(2)26-22-15-19(8-9-21(22)25-16)24(30)27-20-10-12-28(13-11-20)23(29)14-18-6-4-3-5-7-18/h3-9,15,20H,10-14H2,1-2H3,(H,27,30). The monoisotopic (exact) mass is 402 g/mol. The molecule has 0 saturated carbocycles. The van der Waals surface area contributed by atoms with Crippen LogP contribution in [0.2, 0.25) is 0 Å². The van der Waals surface area contributed by atoms with Crippen LogP contribution in [0.15, 0.2) is 48.5 Å². The Morgan fingerprint density at radius 2 is 1.63 bits per heavy atom. The molecule has 2 aromatic carbocycles. The molecule has 0 unspecified atom stereocenters. The summed E-state index contributed by atoms with van der Waals surface area (Å²) in [5.41, 5.74) is 4.90. The van der Waals surface area contributed by atoms with Crippen LogP contribution in [0.4, 0.5) is 0 Å². The number of rotatable bonds is 4. The normalized spacial score (nSPS) is 14.7. The highest BCUT2D eigenvalue weighted by molar-refractivity contribution is 5.97. The van der Waals surface area contributed by atoms with Crippen molar-refractivity contribution in [3.63, 3.8) is 0 Å². The number of benzene rings is 2. The number of fused-ring (bicyclic) bond motifs is 1. The van der Waals surface area contributed by atoms with Gasteiger partial charge in [-0.3, -0.25) is 9.59 Å². The van der Waals surface area contributed by atoms with Crippen LogP contribution in [0, 0.1) is 13.8 Å². The summed E-state index contributed by atoms with van der Waals surface area (Å²) in [5, 5.41) is 3.11. The molecule has 1 aliphatic rings. The van der Waals surface area contributed by atoms with Crippen molar-refractivity contribution in [3.8, 4) is 0 Å². The zero-order valence-corrected chi connectivity index (χ0v) is 17.4. The fraction of sp³-hybridized carbons (Fsp3) is 0.333. The molecule has 0 aliphatic carbocycles. The Morgan fingerprint density at radius 3 is 2.33 bits per heavy atom. The van der Waals surface area contributed by atoms with Crippen LogP contribution < -0.4 is 5.32 Å². The van der Waals surface area contributed by atoms with Gasteiger partial charge in [-0.2, -0.15) is 0 Å². The molecule has 0 spiro atoms. The van der Waals surface area contributed by atoms with Gasteiger partial charge in [0.1, 0.15) is 0 Å². The molecule has 0 bridgehead atoms. The van der Waals surface area contributed by atoms with E-state index in [2.05, 4.69) is 15.3 Å². The first-order chi connectivity index (χ1) is 14.5. The molecule has 6 heteroatoms. The lowest BCUT2D eigenvalue weighted by Crippen LogP contribution is -2.47. The molecule has 0 radical (unpaired) electrons. The zero-order valence-electron chi connectivity index (χ0n) is 17.4. The van der Waals surface area contributed by atoms with Gasteiger partial charge in [0.2, 0.25) is 5.91 Å². The average molecular weight is 402 g/mol. The summed E-state index contributed by atoms with van der Waals surface area (Å²) in [6.45, 7) is 5.18. The summed E-state index contributed by atoms with van der Waals surface area (Å²) in [6.07, 6.45) is 1.95. The Balaban J connectivity index is 1.33. The van der Waals surface area contributed by atoms with Crippen molar-refractivity contribution in [2.45, 2.75) is 39.2 Å². The van der Waals surface area contributed by atoms with Gasteiger partial charge in [0, 0.05) is 24.7 Å². The van der Waals surface area contributed by atoms with Crippen molar-refractivity contribution in [2.75, 3.05) is 13.1 Å². The first-order valence-electron chi connectivity index (χ1n) is 10.4. The number of likely N-dealkylation sites (tertiary alicyclic amines) is 1. The number of nitrogens with one attached hydrogen (secondary N) is 1. The number of carbonyl (C=O) groups excluding carboxylic acids is 2. The second-order valence-electron chi connectivity index (χ2n) is 7.89. The van der Waals surface area contributed by atoms with Gasteiger partial charge < -0.3 is 10.2 Å². The Kier molecular flexibility index (Phi) is 5.74. The van der Waals surface area contributed by atoms with E-state index in [0.717, 1.165) is 40.8 Å². The van der Waals surface area contributed by atoms with Crippen LogP contribution in [0.25, 0.3) is 11.0 Å². The van der Waals surface area contributed by atoms with Crippen LogP contribution in [-0.2, 0) is 11.2 Å². The SMILES string of the molecule is Cc1nc2ccc(C(=O)NC3CCN(C(=O)Cc4ccccc4)CC3)cc2nc1C. The summed E-state index contributed by atoms with van der Waals surface area (Å²) < 4.78 is 0. The number of piperidine rings is 1. The lowest BCUT2D eigenvalue weighted by Gasteiger charge is -2.32. The molecule has 4 rings (SSSR count). The van der Waals surface area contributed by atoms with E-state index in [1.807, 2.05) is 55.1 Å². The summed E-state index contributed by atoms with van der Waals surface area (Å²) in [5.74, 6) is 0.0377. The topological polar surface area (TPSA) is 75.2 Å². The number of aromatic nitrogens is 2. The van der Waals surface area contributed by atoms with E-state index >= 15 is 0 Å². The maximum absolute atomic E-state index is 12.7. The molecule has 2 heterocycles. The van der Waals surface area contributed by atoms with E-state index in [4.69, 9.17) is 0 Å². The Hall–Kier alpha value is -3.28. The van der Waals surface area contributed by atoms with Crippen LogP contribution in [0.1, 0.15) is 40.2 Å². The minimum atomic E-state index is -0.106. The van der Waals surface area contributed by atoms with Gasteiger partial charge in [0.15, 0.2) is 0 Å². The van der Waals surface area contributed by atoms with E-state index < -0.39 is 0 Å². The molecule has 154 valence electrons. The first kappa shape index (κ1) is 20.0. The van der Waals surface area contributed by atoms with Crippen molar-refractivity contribution in [1.29, 1.82) is 0 Å². The molecule has 6 nitrogen and oxygen atoms in total. The number of amides is 2. The van der Waals surface area contributed by atoms with E-state index in [0.29, 0.717) is 25.1 Å². The fourth-order valence-electron chi connectivity index (χ4n) is 3.80. The molecule has 1 aromatic heterocycles. The lowest BCUT2D eigenvalue weighted by molar-refractivity contribution is -0.131. The minimum absolute atomic E-state index is 0.0693.